The second-order valence-corrected chi connectivity index (χ2v) is 4.51. The van der Waals surface area contributed by atoms with Crippen molar-refractivity contribution in [1.82, 2.24) is 9.78 Å². The number of nitrogens with one attached hydrogen (secondary N) is 1. The van der Waals surface area contributed by atoms with Crippen LogP contribution in [-0.2, 0) is 11.8 Å². The van der Waals surface area contributed by atoms with Gasteiger partial charge < -0.3 is 5.32 Å². The number of anilines is 1. The van der Waals surface area contributed by atoms with E-state index in [9.17, 15) is 4.79 Å². The van der Waals surface area contributed by atoms with E-state index in [-0.39, 0.29) is 12.5 Å². The lowest BCUT2D eigenvalue weighted by Crippen LogP contribution is -2.14. The molecule has 0 aliphatic carbocycles. The van der Waals surface area contributed by atoms with Gasteiger partial charge in [-0.2, -0.15) is 5.10 Å². The van der Waals surface area contributed by atoms with E-state index in [0.717, 1.165) is 28.4 Å². The molecule has 0 spiro atoms. The predicted molar refractivity (Wildman–Crippen MR) is 73.5 cm³/mol. The van der Waals surface area contributed by atoms with E-state index >= 15 is 0 Å². The first-order valence-corrected chi connectivity index (χ1v) is 6.10. The molecule has 2 aromatic rings. The van der Waals surface area contributed by atoms with E-state index in [1.54, 1.807) is 4.68 Å². The molecule has 2 heterocycles. The number of benzene rings is 1. The quantitative estimate of drug-likeness (QED) is 0.838. The number of rotatable bonds is 1. The van der Waals surface area contributed by atoms with Crippen LogP contribution in [0.15, 0.2) is 35.3 Å². The molecule has 5 nitrogen and oxygen atoms in total. The molecule has 1 aromatic carbocycles. The van der Waals surface area contributed by atoms with Crippen LogP contribution in [-0.4, -0.2) is 27.9 Å². The third-order valence-electron chi connectivity index (χ3n) is 3.25. The second kappa shape index (κ2) is 4.35. The molecule has 1 amide bonds. The Bertz CT molecular complexity index is 670. The van der Waals surface area contributed by atoms with Crippen LogP contribution >= 0.6 is 0 Å². The van der Waals surface area contributed by atoms with Gasteiger partial charge in [0, 0.05) is 12.6 Å². The van der Waals surface area contributed by atoms with Crippen LogP contribution in [0.4, 0.5) is 5.69 Å². The number of aryl methyl sites for hydroxylation is 1. The van der Waals surface area contributed by atoms with Crippen LogP contribution in [0.5, 0.6) is 0 Å². The van der Waals surface area contributed by atoms with Gasteiger partial charge in [-0.3, -0.25) is 14.5 Å². The summed E-state index contributed by atoms with van der Waals surface area (Å²) in [4.78, 5) is 16.1. The van der Waals surface area contributed by atoms with Gasteiger partial charge in [0.1, 0.15) is 12.2 Å². The van der Waals surface area contributed by atoms with E-state index in [1.165, 1.54) is 0 Å². The molecule has 0 unspecified atom stereocenters. The number of nitrogens with zero attached hydrogens (tertiary/aromatic N) is 3. The third kappa shape index (κ3) is 1.93. The molecule has 96 valence electrons. The number of fused-ring (bicyclic) bond motifs is 1. The van der Waals surface area contributed by atoms with Gasteiger partial charge in [0.2, 0.25) is 5.91 Å². The van der Waals surface area contributed by atoms with Gasteiger partial charge in [-0.25, -0.2) is 0 Å². The van der Waals surface area contributed by atoms with Crippen molar-refractivity contribution in [3.63, 3.8) is 0 Å². The zero-order valence-electron chi connectivity index (χ0n) is 10.8. The lowest BCUT2D eigenvalue weighted by atomic mass is 10.1. The fraction of sp³-hybridized carbons (Fsp3) is 0.214. The van der Waals surface area contributed by atoms with Crippen molar-refractivity contribution < 1.29 is 4.79 Å². The highest BCUT2D eigenvalue weighted by Gasteiger charge is 2.23. The standard InChI is InChI=1S/C14H14N4O/c1-9-12-14(17-18(9)2)13(15-8-11(19)16-12)10-6-4-3-5-7-10/h3-7H,8H2,1-2H3,(H,16,19). The van der Waals surface area contributed by atoms with Crippen molar-refractivity contribution in [2.45, 2.75) is 6.92 Å². The van der Waals surface area contributed by atoms with Gasteiger partial charge in [0.25, 0.3) is 0 Å². The van der Waals surface area contributed by atoms with Crippen molar-refractivity contribution in [2.75, 3.05) is 11.9 Å². The van der Waals surface area contributed by atoms with Gasteiger partial charge in [-0.15, -0.1) is 0 Å². The first kappa shape index (κ1) is 11.6. The smallest absolute Gasteiger partial charge is 0.246 e. The summed E-state index contributed by atoms with van der Waals surface area (Å²) in [7, 11) is 1.86. The van der Waals surface area contributed by atoms with Gasteiger partial charge in [0.15, 0.2) is 0 Å². The Morgan fingerprint density at radius 2 is 2.00 bits per heavy atom. The van der Waals surface area contributed by atoms with Crippen LogP contribution < -0.4 is 5.32 Å². The molecule has 19 heavy (non-hydrogen) atoms. The lowest BCUT2D eigenvalue weighted by Gasteiger charge is -2.03. The summed E-state index contributed by atoms with van der Waals surface area (Å²) >= 11 is 0. The SMILES string of the molecule is Cc1c2c(nn1C)C(c1ccccc1)=NCC(=O)N2. The number of hydrogen-bond donors (Lipinski definition) is 1. The number of hydrogen-bond acceptors (Lipinski definition) is 3. The Labute approximate surface area is 111 Å². The summed E-state index contributed by atoms with van der Waals surface area (Å²) in [6.07, 6.45) is 0. The van der Waals surface area contributed by atoms with E-state index in [1.807, 2.05) is 44.3 Å². The van der Waals surface area contributed by atoms with Crippen LogP contribution in [0.3, 0.4) is 0 Å². The summed E-state index contributed by atoms with van der Waals surface area (Å²) in [6.45, 7) is 2.06. The maximum absolute atomic E-state index is 11.7. The Balaban J connectivity index is 2.21. The Morgan fingerprint density at radius 3 is 2.74 bits per heavy atom. The molecule has 1 aliphatic heterocycles. The van der Waals surface area contributed by atoms with Gasteiger partial charge in [-0.1, -0.05) is 30.3 Å². The largest absolute Gasteiger partial charge is 0.321 e. The topological polar surface area (TPSA) is 59.3 Å². The summed E-state index contributed by atoms with van der Waals surface area (Å²) in [5, 5.41) is 7.35. The normalized spacial score (nSPS) is 14.4. The first-order chi connectivity index (χ1) is 9.16. The van der Waals surface area contributed by atoms with E-state index in [0.29, 0.717) is 0 Å². The van der Waals surface area contributed by atoms with Crippen molar-refractivity contribution >= 4 is 17.3 Å². The predicted octanol–water partition coefficient (Wildman–Crippen LogP) is 1.52. The summed E-state index contributed by atoms with van der Waals surface area (Å²) in [5.41, 5.74) is 4.15. The molecule has 0 bridgehead atoms. The highest BCUT2D eigenvalue weighted by atomic mass is 16.1. The molecule has 0 fully saturated rings. The fourth-order valence-electron chi connectivity index (χ4n) is 2.15. The van der Waals surface area contributed by atoms with E-state index in [4.69, 9.17) is 0 Å². The molecule has 1 aliphatic rings. The molecule has 3 rings (SSSR count). The molecular weight excluding hydrogens is 240 g/mol. The van der Waals surface area contributed by atoms with Crippen molar-refractivity contribution in [3.8, 4) is 0 Å². The summed E-state index contributed by atoms with van der Waals surface area (Å²) in [5.74, 6) is -0.108. The Kier molecular flexibility index (Phi) is 2.67. The molecule has 5 heteroatoms. The van der Waals surface area contributed by atoms with Crippen molar-refractivity contribution in [1.29, 1.82) is 0 Å². The molecule has 0 radical (unpaired) electrons. The first-order valence-electron chi connectivity index (χ1n) is 6.10. The van der Waals surface area contributed by atoms with E-state index in [2.05, 4.69) is 15.4 Å². The molecule has 0 saturated heterocycles. The minimum Gasteiger partial charge on any atom is -0.321 e. The van der Waals surface area contributed by atoms with Crippen molar-refractivity contribution in [2.24, 2.45) is 12.0 Å². The number of carbonyl (C=O) groups is 1. The van der Waals surface area contributed by atoms with Gasteiger partial charge >= 0.3 is 0 Å². The average molecular weight is 254 g/mol. The number of carbonyl (C=O) groups excluding carboxylic acids is 1. The van der Waals surface area contributed by atoms with Gasteiger partial charge in [-0.05, 0) is 6.92 Å². The highest BCUT2D eigenvalue weighted by molar-refractivity contribution is 6.18. The average Bonchev–Trinajstić information content (AvgIpc) is 2.61. The third-order valence-corrected chi connectivity index (χ3v) is 3.25. The van der Waals surface area contributed by atoms with Crippen LogP contribution in [0.2, 0.25) is 0 Å². The molecule has 1 N–H and O–H groups in total. The van der Waals surface area contributed by atoms with Crippen LogP contribution in [0.1, 0.15) is 17.0 Å². The summed E-state index contributed by atoms with van der Waals surface area (Å²) in [6, 6.07) is 9.81. The Hall–Kier alpha value is -2.43. The maximum Gasteiger partial charge on any atom is 0.246 e. The zero-order chi connectivity index (χ0) is 13.4. The summed E-state index contributed by atoms with van der Waals surface area (Å²) < 4.78 is 1.76. The molecule has 1 aromatic heterocycles. The van der Waals surface area contributed by atoms with Crippen molar-refractivity contribution in [3.05, 3.63) is 47.3 Å². The highest BCUT2D eigenvalue weighted by Crippen LogP contribution is 2.24. The molecule has 0 atom stereocenters. The number of aliphatic imine (C=N–C) groups is 1. The minimum atomic E-state index is -0.108. The Morgan fingerprint density at radius 1 is 1.26 bits per heavy atom. The molecular formula is C14H14N4O. The lowest BCUT2D eigenvalue weighted by molar-refractivity contribution is -0.114. The monoisotopic (exact) mass is 254 g/mol. The minimum absolute atomic E-state index is 0.108. The maximum atomic E-state index is 11.7. The van der Waals surface area contributed by atoms with E-state index < -0.39 is 0 Å². The number of amides is 1. The fourth-order valence-corrected chi connectivity index (χ4v) is 2.15. The second-order valence-electron chi connectivity index (χ2n) is 4.51. The zero-order valence-corrected chi connectivity index (χ0v) is 10.8. The van der Waals surface area contributed by atoms with Gasteiger partial charge in [0.05, 0.1) is 17.1 Å². The van der Waals surface area contributed by atoms with Crippen LogP contribution in [0, 0.1) is 6.92 Å². The molecule has 0 saturated carbocycles. The number of aromatic nitrogens is 2. The van der Waals surface area contributed by atoms with Crippen LogP contribution in [0.25, 0.3) is 0 Å².